The molecule has 3 aromatic rings. The third-order valence-electron chi connectivity index (χ3n) is 5.82. The Hall–Kier alpha value is -3.63. The van der Waals surface area contributed by atoms with E-state index in [-0.39, 0.29) is 17.0 Å². The second-order valence-electron chi connectivity index (χ2n) is 10.2. The molecule has 2 aromatic heterocycles. The van der Waals surface area contributed by atoms with Gasteiger partial charge in [0.25, 0.3) is 5.91 Å². The van der Waals surface area contributed by atoms with Gasteiger partial charge in [-0.2, -0.15) is 13.2 Å². The van der Waals surface area contributed by atoms with Crippen LogP contribution in [0.4, 0.5) is 30.2 Å². The lowest BCUT2D eigenvalue weighted by atomic mass is 9.97. The van der Waals surface area contributed by atoms with Crippen LogP contribution in [0, 0.1) is 12.3 Å². The topological polar surface area (TPSA) is 88.0 Å². The van der Waals surface area contributed by atoms with Crippen LogP contribution in [0.5, 0.6) is 0 Å². The van der Waals surface area contributed by atoms with Crippen molar-refractivity contribution >= 4 is 23.0 Å². The van der Waals surface area contributed by atoms with Crippen molar-refractivity contribution in [2.24, 2.45) is 5.41 Å². The first-order chi connectivity index (χ1) is 16.9. The normalized spacial score (nSPS) is 14.2. The minimum atomic E-state index is -4.46. The molecule has 1 aromatic carbocycles. The van der Waals surface area contributed by atoms with Crippen LogP contribution in [0.3, 0.4) is 0 Å². The molecular formula is C25H30F3N7O. The van der Waals surface area contributed by atoms with Crippen LogP contribution in [0.25, 0.3) is 5.69 Å². The van der Waals surface area contributed by atoms with E-state index in [1.54, 1.807) is 25.3 Å². The van der Waals surface area contributed by atoms with Crippen LogP contribution in [-0.2, 0) is 6.18 Å². The summed E-state index contributed by atoms with van der Waals surface area (Å²) in [4.78, 5) is 18.8. The molecule has 3 heterocycles. The first-order valence-electron chi connectivity index (χ1n) is 11.8. The molecule has 1 aliphatic rings. The zero-order chi connectivity index (χ0) is 26.1. The third kappa shape index (κ3) is 6.13. The number of carbonyl (C=O) groups is 1. The highest BCUT2D eigenvalue weighted by Gasteiger charge is 2.32. The van der Waals surface area contributed by atoms with Gasteiger partial charge < -0.3 is 15.5 Å². The van der Waals surface area contributed by atoms with Crippen molar-refractivity contribution in [1.82, 2.24) is 25.3 Å². The standard InChI is InChI=1S/C25H30F3N7O/c1-16-22(35-14-21(32-33-35)23(36)30-15-24(2,3)4)12-19(13-29-16)31-18-9-17(25(26,27)28)10-20(11-18)34-7-5-6-8-34/h9-14,31H,5-8,15H2,1-4H3,(H,30,36). The number of carbonyl (C=O) groups excluding carboxylic acids is 1. The number of alkyl halides is 3. The van der Waals surface area contributed by atoms with Gasteiger partial charge in [0.05, 0.1) is 35.0 Å². The van der Waals surface area contributed by atoms with Gasteiger partial charge in [-0.3, -0.25) is 9.78 Å². The summed E-state index contributed by atoms with van der Waals surface area (Å²) in [5.74, 6) is -0.338. The Morgan fingerprint density at radius 1 is 1.06 bits per heavy atom. The Balaban J connectivity index is 1.59. The summed E-state index contributed by atoms with van der Waals surface area (Å²) in [7, 11) is 0. The number of pyridine rings is 1. The number of nitrogens with one attached hydrogen (secondary N) is 2. The zero-order valence-electron chi connectivity index (χ0n) is 20.8. The molecule has 1 amide bonds. The molecule has 1 saturated heterocycles. The van der Waals surface area contributed by atoms with Crippen molar-refractivity contribution < 1.29 is 18.0 Å². The quantitative estimate of drug-likeness (QED) is 0.488. The molecule has 192 valence electrons. The second kappa shape index (κ2) is 9.79. The number of amides is 1. The minimum absolute atomic E-state index is 0.0791. The van der Waals surface area contributed by atoms with E-state index in [0.29, 0.717) is 35.0 Å². The summed E-state index contributed by atoms with van der Waals surface area (Å²) >= 11 is 0. The van der Waals surface area contributed by atoms with E-state index in [2.05, 4.69) is 25.9 Å². The minimum Gasteiger partial charge on any atom is -0.371 e. The second-order valence-corrected chi connectivity index (χ2v) is 10.2. The maximum Gasteiger partial charge on any atom is 0.416 e. The number of aryl methyl sites for hydroxylation is 1. The Bertz CT molecular complexity index is 1240. The molecule has 1 aliphatic heterocycles. The number of hydrogen-bond acceptors (Lipinski definition) is 6. The van der Waals surface area contributed by atoms with E-state index in [1.165, 1.54) is 16.9 Å². The summed E-state index contributed by atoms with van der Waals surface area (Å²) in [6.07, 6.45) is 0.494. The molecule has 0 unspecified atom stereocenters. The maximum absolute atomic E-state index is 13.6. The van der Waals surface area contributed by atoms with Crippen LogP contribution in [-0.4, -0.2) is 45.5 Å². The third-order valence-corrected chi connectivity index (χ3v) is 5.82. The van der Waals surface area contributed by atoms with E-state index in [4.69, 9.17) is 0 Å². The van der Waals surface area contributed by atoms with Crippen molar-refractivity contribution in [2.45, 2.75) is 46.7 Å². The van der Waals surface area contributed by atoms with Crippen LogP contribution < -0.4 is 15.5 Å². The average Bonchev–Trinajstić information content (AvgIpc) is 3.50. The number of benzene rings is 1. The summed E-state index contributed by atoms with van der Waals surface area (Å²) < 4.78 is 42.2. The summed E-state index contributed by atoms with van der Waals surface area (Å²) in [6.45, 7) is 9.75. The number of nitrogens with zero attached hydrogens (tertiary/aromatic N) is 5. The highest BCUT2D eigenvalue weighted by Crippen LogP contribution is 2.36. The van der Waals surface area contributed by atoms with E-state index in [1.807, 2.05) is 25.7 Å². The predicted octanol–water partition coefficient (Wildman–Crippen LogP) is 5.11. The van der Waals surface area contributed by atoms with Gasteiger partial charge in [0.1, 0.15) is 0 Å². The van der Waals surface area contributed by atoms with Crippen molar-refractivity contribution in [3.8, 4) is 5.69 Å². The number of anilines is 3. The van der Waals surface area contributed by atoms with Crippen molar-refractivity contribution in [2.75, 3.05) is 29.9 Å². The maximum atomic E-state index is 13.6. The molecular weight excluding hydrogens is 471 g/mol. The van der Waals surface area contributed by atoms with Crippen LogP contribution in [0.2, 0.25) is 0 Å². The fourth-order valence-electron chi connectivity index (χ4n) is 3.91. The SMILES string of the molecule is Cc1ncc(Nc2cc(N3CCCC3)cc(C(F)(F)F)c2)cc1-n1cc(C(=O)NCC(C)(C)C)nn1. The monoisotopic (exact) mass is 501 g/mol. The number of aromatic nitrogens is 4. The van der Waals surface area contributed by atoms with Gasteiger partial charge in [0.15, 0.2) is 5.69 Å². The summed E-state index contributed by atoms with van der Waals surface area (Å²) in [5, 5.41) is 13.9. The molecule has 0 bridgehead atoms. The van der Waals surface area contributed by atoms with Gasteiger partial charge in [-0.1, -0.05) is 26.0 Å². The molecule has 0 atom stereocenters. The molecule has 36 heavy (non-hydrogen) atoms. The number of hydrogen-bond donors (Lipinski definition) is 2. The Morgan fingerprint density at radius 2 is 1.78 bits per heavy atom. The van der Waals surface area contributed by atoms with Crippen molar-refractivity contribution in [1.29, 1.82) is 0 Å². The van der Waals surface area contributed by atoms with Gasteiger partial charge in [-0.05, 0) is 49.4 Å². The predicted molar refractivity (Wildman–Crippen MR) is 132 cm³/mol. The molecule has 1 fully saturated rings. The lowest BCUT2D eigenvalue weighted by Crippen LogP contribution is -2.32. The van der Waals surface area contributed by atoms with E-state index in [9.17, 15) is 18.0 Å². The molecule has 0 radical (unpaired) electrons. The van der Waals surface area contributed by atoms with Crippen LogP contribution in [0.1, 0.15) is 55.4 Å². The lowest BCUT2D eigenvalue weighted by Gasteiger charge is -2.21. The highest BCUT2D eigenvalue weighted by atomic mass is 19.4. The van der Waals surface area contributed by atoms with E-state index >= 15 is 0 Å². The average molecular weight is 502 g/mol. The van der Waals surface area contributed by atoms with Gasteiger partial charge in [0.2, 0.25) is 0 Å². The van der Waals surface area contributed by atoms with E-state index < -0.39 is 11.7 Å². The largest absolute Gasteiger partial charge is 0.416 e. The summed E-state index contributed by atoms with van der Waals surface area (Å²) in [5.41, 5.74) is 1.86. The molecule has 0 spiro atoms. The van der Waals surface area contributed by atoms with Crippen LogP contribution in [0.15, 0.2) is 36.7 Å². The Labute approximate surface area is 207 Å². The van der Waals surface area contributed by atoms with Crippen LogP contribution >= 0.6 is 0 Å². The van der Waals surface area contributed by atoms with Gasteiger partial charge in [-0.25, -0.2) is 4.68 Å². The zero-order valence-corrected chi connectivity index (χ0v) is 20.8. The lowest BCUT2D eigenvalue weighted by molar-refractivity contribution is -0.137. The first kappa shape index (κ1) is 25.5. The Kier molecular flexibility index (Phi) is 6.92. The Morgan fingerprint density at radius 3 is 2.44 bits per heavy atom. The molecule has 0 aliphatic carbocycles. The molecule has 8 nitrogen and oxygen atoms in total. The van der Waals surface area contributed by atoms with Crippen molar-refractivity contribution in [3.05, 3.63) is 53.6 Å². The fourth-order valence-corrected chi connectivity index (χ4v) is 3.91. The smallest absolute Gasteiger partial charge is 0.371 e. The molecule has 4 rings (SSSR count). The summed E-state index contributed by atoms with van der Waals surface area (Å²) in [6, 6.07) is 5.71. The molecule has 11 heteroatoms. The number of halogens is 3. The fraction of sp³-hybridized carbons (Fsp3) is 0.440. The van der Waals surface area contributed by atoms with Crippen molar-refractivity contribution in [3.63, 3.8) is 0 Å². The van der Waals surface area contributed by atoms with Gasteiger partial charge in [0, 0.05) is 31.0 Å². The first-order valence-corrected chi connectivity index (χ1v) is 11.8. The number of rotatable bonds is 6. The van der Waals surface area contributed by atoms with Gasteiger partial charge in [-0.15, -0.1) is 5.10 Å². The molecule has 2 N–H and O–H groups in total. The van der Waals surface area contributed by atoms with E-state index in [0.717, 1.165) is 32.0 Å². The molecule has 0 saturated carbocycles. The highest BCUT2D eigenvalue weighted by molar-refractivity contribution is 5.92. The van der Waals surface area contributed by atoms with Gasteiger partial charge >= 0.3 is 6.18 Å².